The van der Waals surface area contributed by atoms with Crippen molar-refractivity contribution in [2.24, 2.45) is 5.92 Å². The molecule has 2 fully saturated rings. The summed E-state index contributed by atoms with van der Waals surface area (Å²) in [6, 6.07) is 4.23. The van der Waals surface area contributed by atoms with Crippen molar-refractivity contribution in [3.8, 4) is 0 Å². The van der Waals surface area contributed by atoms with Crippen molar-refractivity contribution in [3.05, 3.63) is 18.3 Å². The molecule has 170 valence electrons. The average molecular weight is 439 g/mol. The molecule has 0 radical (unpaired) electrons. The van der Waals surface area contributed by atoms with Crippen molar-refractivity contribution in [2.45, 2.75) is 83.3 Å². The van der Waals surface area contributed by atoms with E-state index in [0.717, 1.165) is 56.8 Å². The molecular formula is C22H38N4O3S. The molecule has 0 unspecified atom stereocenters. The number of hydrogen-bond donors (Lipinski definition) is 2. The highest BCUT2D eigenvalue weighted by Crippen LogP contribution is 2.27. The second-order valence-corrected chi connectivity index (χ2v) is 12.4. The first-order valence-electron chi connectivity index (χ1n) is 11.2. The quantitative estimate of drug-likeness (QED) is 0.708. The fourth-order valence-electron chi connectivity index (χ4n) is 4.19. The molecule has 2 heterocycles. The summed E-state index contributed by atoms with van der Waals surface area (Å²) in [6.07, 6.45) is 6.19. The number of nitrogens with zero attached hydrogens (tertiary/aromatic N) is 2. The Morgan fingerprint density at radius 3 is 2.27 bits per heavy atom. The first-order valence-corrected chi connectivity index (χ1v) is 12.6. The molecule has 0 spiro atoms. The van der Waals surface area contributed by atoms with E-state index in [9.17, 15) is 8.42 Å². The summed E-state index contributed by atoms with van der Waals surface area (Å²) in [5.41, 5.74) is 1.03. The molecule has 7 nitrogen and oxygen atoms in total. The van der Waals surface area contributed by atoms with E-state index in [-0.39, 0.29) is 18.2 Å². The Bertz CT molecular complexity index is 774. The summed E-state index contributed by atoms with van der Waals surface area (Å²) >= 11 is 0. The van der Waals surface area contributed by atoms with Crippen LogP contribution >= 0.6 is 0 Å². The predicted octanol–water partition coefficient (Wildman–Crippen LogP) is 3.38. The Labute approximate surface area is 182 Å². The van der Waals surface area contributed by atoms with Crippen LogP contribution in [0.25, 0.3) is 0 Å². The van der Waals surface area contributed by atoms with E-state index in [1.165, 1.54) is 0 Å². The van der Waals surface area contributed by atoms with Gasteiger partial charge in [-0.25, -0.2) is 18.1 Å². The van der Waals surface area contributed by atoms with Crippen molar-refractivity contribution in [3.63, 3.8) is 0 Å². The zero-order chi connectivity index (χ0) is 21.9. The standard InChI is InChI=1S/C22H38N4O3S/c1-16-14-26(15-17(2)29-16)21-11-10-20(13-24-21)23-12-18-6-8-19(9-7-18)25-30(27,28)22(3,4)5/h10-11,13,16-19,23,25H,6-9,12,14-15H2,1-5H3/t16-,17+,18-,19-. The number of aromatic nitrogens is 1. The normalized spacial score (nSPS) is 28.4. The third-order valence-corrected chi connectivity index (χ3v) is 8.32. The van der Waals surface area contributed by atoms with Gasteiger partial charge >= 0.3 is 0 Å². The fraction of sp³-hybridized carbons (Fsp3) is 0.773. The van der Waals surface area contributed by atoms with E-state index in [1.807, 2.05) is 6.20 Å². The molecule has 2 atom stereocenters. The minimum absolute atomic E-state index is 0.0599. The number of rotatable bonds is 6. The van der Waals surface area contributed by atoms with Crippen LogP contribution in [0.2, 0.25) is 0 Å². The Morgan fingerprint density at radius 2 is 1.73 bits per heavy atom. The molecule has 0 amide bonds. The molecule has 1 aliphatic carbocycles. The Hall–Kier alpha value is -1.38. The number of morpholine rings is 1. The van der Waals surface area contributed by atoms with E-state index < -0.39 is 14.8 Å². The van der Waals surface area contributed by atoms with E-state index in [1.54, 1.807) is 20.8 Å². The highest BCUT2D eigenvalue weighted by atomic mass is 32.2. The number of hydrogen-bond acceptors (Lipinski definition) is 6. The summed E-state index contributed by atoms with van der Waals surface area (Å²) in [5, 5.41) is 3.51. The number of nitrogens with one attached hydrogen (secondary N) is 2. The lowest BCUT2D eigenvalue weighted by molar-refractivity contribution is -0.00545. The Balaban J connectivity index is 1.44. The Kier molecular flexibility index (Phi) is 7.30. The highest BCUT2D eigenvalue weighted by molar-refractivity contribution is 7.90. The van der Waals surface area contributed by atoms with Gasteiger partial charge in [-0.3, -0.25) is 0 Å². The molecule has 1 saturated carbocycles. The first-order chi connectivity index (χ1) is 14.0. The van der Waals surface area contributed by atoms with Crippen molar-refractivity contribution in [2.75, 3.05) is 29.9 Å². The zero-order valence-electron chi connectivity index (χ0n) is 19.0. The number of pyridine rings is 1. The second kappa shape index (κ2) is 9.40. The van der Waals surface area contributed by atoms with Crippen LogP contribution in [0.5, 0.6) is 0 Å². The molecule has 2 N–H and O–H groups in total. The first kappa shape index (κ1) is 23.3. The van der Waals surface area contributed by atoms with Gasteiger partial charge in [0, 0.05) is 25.7 Å². The van der Waals surface area contributed by atoms with Gasteiger partial charge in [0.25, 0.3) is 0 Å². The average Bonchev–Trinajstić information content (AvgIpc) is 2.66. The number of sulfonamides is 1. The molecule has 1 aromatic heterocycles. The van der Waals surface area contributed by atoms with Crippen LogP contribution < -0.4 is 14.9 Å². The topological polar surface area (TPSA) is 83.6 Å². The number of ether oxygens (including phenoxy) is 1. The minimum Gasteiger partial charge on any atom is -0.384 e. The van der Waals surface area contributed by atoms with E-state index >= 15 is 0 Å². The van der Waals surface area contributed by atoms with Gasteiger partial charge < -0.3 is 15.0 Å². The van der Waals surface area contributed by atoms with Gasteiger partial charge in [-0.2, -0.15) is 0 Å². The van der Waals surface area contributed by atoms with Crippen LogP contribution in [0.1, 0.15) is 60.3 Å². The second-order valence-electron chi connectivity index (χ2n) is 9.90. The molecule has 30 heavy (non-hydrogen) atoms. The van der Waals surface area contributed by atoms with Crippen LogP contribution in [-0.4, -0.2) is 56.0 Å². The summed E-state index contributed by atoms with van der Waals surface area (Å²) in [7, 11) is -3.28. The van der Waals surface area contributed by atoms with Crippen LogP contribution in [0.15, 0.2) is 18.3 Å². The lowest BCUT2D eigenvalue weighted by Crippen LogP contribution is -2.46. The van der Waals surface area contributed by atoms with Crippen LogP contribution in [0, 0.1) is 5.92 Å². The van der Waals surface area contributed by atoms with Crippen LogP contribution in [0.3, 0.4) is 0 Å². The molecule has 1 aromatic rings. The maximum atomic E-state index is 12.3. The SMILES string of the molecule is C[C@@H]1CN(c2ccc(NC[C@H]3CC[C@H](NS(=O)(=O)C(C)(C)C)CC3)cn2)C[C@H](C)O1. The summed E-state index contributed by atoms with van der Waals surface area (Å²) in [6.45, 7) is 12.0. The van der Waals surface area contributed by atoms with E-state index in [0.29, 0.717) is 5.92 Å². The fourth-order valence-corrected chi connectivity index (χ4v) is 5.21. The van der Waals surface area contributed by atoms with Gasteiger partial charge in [0.15, 0.2) is 0 Å². The van der Waals surface area contributed by atoms with Crippen molar-refractivity contribution >= 4 is 21.5 Å². The van der Waals surface area contributed by atoms with Gasteiger partial charge in [0.1, 0.15) is 5.82 Å². The molecule has 8 heteroatoms. The van der Waals surface area contributed by atoms with E-state index in [2.05, 4.69) is 45.9 Å². The molecule has 1 saturated heterocycles. The highest BCUT2D eigenvalue weighted by Gasteiger charge is 2.32. The monoisotopic (exact) mass is 438 g/mol. The molecule has 1 aliphatic heterocycles. The van der Waals surface area contributed by atoms with Gasteiger partial charge in [0.05, 0.1) is 28.8 Å². The summed E-state index contributed by atoms with van der Waals surface area (Å²) < 4.78 is 32.6. The molecule has 3 rings (SSSR count). The molecular weight excluding hydrogens is 400 g/mol. The Morgan fingerprint density at radius 1 is 1.10 bits per heavy atom. The van der Waals surface area contributed by atoms with Crippen molar-refractivity contribution in [1.82, 2.24) is 9.71 Å². The molecule has 0 aromatic carbocycles. The number of anilines is 2. The van der Waals surface area contributed by atoms with E-state index in [4.69, 9.17) is 4.74 Å². The molecule has 0 bridgehead atoms. The maximum Gasteiger partial charge on any atom is 0.216 e. The lowest BCUT2D eigenvalue weighted by Gasteiger charge is -2.36. The maximum absolute atomic E-state index is 12.3. The predicted molar refractivity (Wildman–Crippen MR) is 123 cm³/mol. The smallest absolute Gasteiger partial charge is 0.216 e. The van der Waals surface area contributed by atoms with Gasteiger partial charge in [-0.1, -0.05) is 0 Å². The zero-order valence-corrected chi connectivity index (χ0v) is 19.8. The van der Waals surface area contributed by atoms with Gasteiger partial charge in [0.2, 0.25) is 10.0 Å². The van der Waals surface area contributed by atoms with Gasteiger partial charge in [-0.05, 0) is 78.4 Å². The van der Waals surface area contributed by atoms with Crippen molar-refractivity contribution < 1.29 is 13.2 Å². The lowest BCUT2D eigenvalue weighted by atomic mass is 9.86. The third kappa shape index (κ3) is 6.08. The van der Waals surface area contributed by atoms with Gasteiger partial charge in [-0.15, -0.1) is 0 Å². The minimum atomic E-state index is -3.28. The van der Waals surface area contributed by atoms with Crippen molar-refractivity contribution in [1.29, 1.82) is 0 Å². The van der Waals surface area contributed by atoms with Crippen LogP contribution in [-0.2, 0) is 14.8 Å². The third-order valence-electron chi connectivity index (χ3n) is 6.06. The molecule has 2 aliphatic rings. The largest absolute Gasteiger partial charge is 0.384 e. The summed E-state index contributed by atoms with van der Waals surface area (Å²) in [4.78, 5) is 6.92. The summed E-state index contributed by atoms with van der Waals surface area (Å²) in [5.74, 6) is 1.55. The van der Waals surface area contributed by atoms with Crippen LogP contribution in [0.4, 0.5) is 11.5 Å².